The molecule has 2 atom stereocenters. The van der Waals surface area contributed by atoms with Crippen LogP contribution < -0.4 is 0 Å². The van der Waals surface area contributed by atoms with Gasteiger partial charge >= 0.3 is 11.9 Å². The summed E-state index contributed by atoms with van der Waals surface area (Å²) >= 11 is 3.47. The summed E-state index contributed by atoms with van der Waals surface area (Å²) in [4.78, 5) is 26.4. The van der Waals surface area contributed by atoms with E-state index in [1.54, 1.807) is 18.2 Å². The Morgan fingerprint density at radius 3 is 1.70 bits per heavy atom. The number of hydrogen-bond acceptors (Lipinski definition) is 4. The van der Waals surface area contributed by atoms with Crippen molar-refractivity contribution in [1.29, 1.82) is 0 Å². The molecule has 0 fully saturated rings. The van der Waals surface area contributed by atoms with Gasteiger partial charge in [0.1, 0.15) is 12.2 Å². The van der Waals surface area contributed by atoms with E-state index < -0.39 is 11.9 Å². The van der Waals surface area contributed by atoms with Crippen LogP contribution in [0.2, 0.25) is 0 Å². The summed E-state index contributed by atoms with van der Waals surface area (Å²) in [6, 6.07) is 5.20. The van der Waals surface area contributed by atoms with Crippen molar-refractivity contribution >= 4 is 27.9 Å². The third kappa shape index (κ3) is 11.6. The highest BCUT2D eigenvalue weighted by atomic mass is 79.9. The lowest BCUT2D eigenvalue weighted by molar-refractivity contribution is 0.0195. The fraction of sp³-hybridized carbons (Fsp3) is 0.714. The number of carbonyl (C=O) groups is 2. The van der Waals surface area contributed by atoms with Gasteiger partial charge in [0.05, 0.1) is 11.1 Å². The molecule has 0 bridgehead atoms. The molecule has 1 rings (SSSR count). The molecule has 0 amide bonds. The normalized spacial score (nSPS) is 13.2. The summed E-state index contributed by atoms with van der Waals surface area (Å²) in [7, 11) is 0. The maximum Gasteiger partial charge on any atom is 0.340 e. The summed E-state index contributed by atoms with van der Waals surface area (Å²) in [6.07, 6.45) is 9.22. The molecule has 2 unspecified atom stereocenters. The number of rotatable bonds is 16. The molecule has 0 saturated carbocycles. The van der Waals surface area contributed by atoms with Crippen LogP contribution in [0.5, 0.6) is 0 Å². The van der Waals surface area contributed by atoms with Gasteiger partial charge in [-0.25, -0.2) is 9.59 Å². The first-order valence-electron chi connectivity index (χ1n) is 12.9. The van der Waals surface area contributed by atoms with Crippen LogP contribution in [-0.2, 0) is 9.47 Å². The number of carbonyl (C=O) groups excluding carboxylic acids is 2. The van der Waals surface area contributed by atoms with Gasteiger partial charge in [-0.15, -0.1) is 0 Å². The number of ether oxygens (including phenoxy) is 2. The van der Waals surface area contributed by atoms with Crippen molar-refractivity contribution in [2.75, 3.05) is 0 Å². The van der Waals surface area contributed by atoms with Crippen LogP contribution in [0.15, 0.2) is 22.7 Å². The van der Waals surface area contributed by atoms with E-state index in [1.807, 2.05) is 0 Å². The largest absolute Gasteiger partial charge is 0.459 e. The first-order valence-corrected chi connectivity index (χ1v) is 13.7. The van der Waals surface area contributed by atoms with Crippen LogP contribution in [0, 0.1) is 11.8 Å². The molecule has 0 aromatic heterocycles. The zero-order chi connectivity index (χ0) is 24.8. The number of unbranched alkanes of at least 4 members (excludes halogenated alkanes) is 2. The number of esters is 2. The minimum Gasteiger partial charge on any atom is -0.459 e. The lowest BCUT2D eigenvalue weighted by Gasteiger charge is -2.21. The van der Waals surface area contributed by atoms with E-state index in [-0.39, 0.29) is 23.3 Å². The maximum absolute atomic E-state index is 13.2. The van der Waals surface area contributed by atoms with Gasteiger partial charge in [0.15, 0.2) is 0 Å². The molecule has 0 aliphatic heterocycles. The standard InChI is InChI=1S/C28H45BrO4/c1-7-9-12-22(18-16-20(3)4)32-27(30)24-14-11-15-25(29)26(24)28(31)33-23(13-10-8-2)19-17-21(5)6/h11,14-15,20-23H,7-10,12-13,16-19H2,1-6H3. The first-order chi connectivity index (χ1) is 15.7. The summed E-state index contributed by atoms with van der Waals surface area (Å²) in [5.41, 5.74) is 0.546. The van der Waals surface area contributed by atoms with Gasteiger partial charge in [0.25, 0.3) is 0 Å². The highest BCUT2D eigenvalue weighted by Gasteiger charge is 2.26. The molecule has 0 N–H and O–H groups in total. The van der Waals surface area contributed by atoms with Crippen LogP contribution in [0.4, 0.5) is 0 Å². The van der Waals surface area contributed by atoms with Crippen molar-refractivity contribution in [2.24, 2.45) is 11.8 Å². The zero-order valence-electron chi connectivity index (χ0n) is 21.6. The Morgan fingerprint density at radius 1 is 0.758 bits per heavy atom. The third-order valence-corrected chi connectivity index (χ3v) is 6.54. The summed E-state index contributed by atoms with van der Waals surface area (Å²) in [6.45, 7) is 13.0. The summed E-state index contributed by atoms with van der Waals surface area (Å²) < 4.78 is 12.4. The van der Waals surface area contributed by atoms with Crippen molar-refractivity contribution in [3.63, 3.8) is 0 Å². The quantitative estimate of drug-likeness (QED) is 0.203. The second-order valence-corrected chi connectivity index (χ2v) is 10.8. The predicted octanol–water partition coefficient (Wildman–Crippen LogP) is 8.75. The monoisotopic (exact) mass is 524 g/mol. The molecule has 0 spiro atoms. The Balaban J connectivity index is 3.04. The van der Waals surface area contributed by atoms with E-state index in [4.69, 9.17) is 9.47 Å². The van der Waals surface area contributed by atoms with Crippen LogP contribution in [0.3, 0.4) is 0 Å². The lowest BCUT2D eigenvalue weighted by Crippen LogP contribution is -2.24. The molecule has 33 heavy (non-hydrogen) atoms. The van der Waals surface area contributed by atoms with Crippen LogP contribution in [-0.4, -0.2) is 24.1 Å². The van der Waals surface area contributed by atoms with Gasteiger partial charge in [0.2, 0.25) is 0 Å². The van der Waals surface area contributed by atoms with Crippen LogP contribution >= 0.6 is 15.9 Å². The molecule has 0 heterocycles. The van der Waals surface area contributed by atoms with Gasteiger partial charge in [-0.3, -0.25) is 0 Å². The Kier molecular flexibility index (Phi) is 14.7. The van der Waals surface area contributed by atoms with E-state index in [0.29, 0.717) is 16.3 Å². The smallest absolute Gasteiger partial charge is 0.340 e. The molecule has 0 radical (unpaired) electrons. The van der Waals surface area contributed by atoms with Gasteiger partial charge in [0, 0.05) is 4.47 Å². The minimum atomic E-state index is -0.452. The molecule has 188 valence electrons. The molecule has 0 saturated heterocycles. The Bertz CT molecular complexity index is 714. The second-order valence-electron chi connectivity index (χ2n) is 9.94. The molecule has 5 heteroatoms. The van der Waals surface area contributed by atoms with Crippen molar-refractivity contribution in [3.05, 3.63) is 33.8 Å². The number of benzene rings is 1. The van der Waals surface area contributed by atoms with Gasteiger partial charge in [-0.1, -0.05) is 73.3 Å². The first kappa shape index (κ1) is 29.7. The minimum absolute atomic E-state index is 0.133. The van der Waals surface area contributed by atoms with Crippen molar-refractivity contribution in [3.8, 4) is 0 Å². The SMILES string of the molecule is CCCCC(CCC(C)C)OC(=O)c1cccc(Br)c1C(=O)OC(CCCC)CCC(C)C. The lowest BCUT2D eigenvalue weighted by atomic mass is 10.0. The number of halogens is 1. The average molecular weight is 526 g/mol. The topological polar surface area (TPSA) is 52.6 Å². The fourth-order valence-electron chi connectivity index (χ4n) is 3.75. The predicted molar refractivity (Wildman–Crippen MR) is 140 cm³/mol. The van der Waals surface area contributed by atoms with E-state index in [1.165, 1.54) is 0 Å². The Hall–Kier alpha value is -1.36. The van der Waals surface area contributed by atoms with Crippen molar-refractivity contribution in [2.45, 2.75) is 118 Å². The van der Waals surface area contributed by atoms with Crippen LogP contribution in [0.1, 0.15) is 126 Å². The van der Waals surface area contributed by atoms with Crippen LogP contribution in [0.25, 0.3) is 0 Å². The zero-order valence-corrected chi connectivity index (χ0v) is 23.2. The number of hydrogen-bond donors (Lipinski definition) is 0. The molecular weight excluding hydrogens is 480 g/mol. The molecular formula is C28H45BrO4. The van der Waals surface area contributed by atoms with E-state index in [9.17, 15) is 9.59 Å². The third-order valence-electron chi connectivity index (χ3n) is 5.88. The van der Waals surface area contributed by atoms with Crippen molar-refractivity contribution in [1.82, 2.24) is 0 Å². The fourth-order valence-corrected chi connectivity index (χ4v) is 4.28. The van der Waals surface area contributed by atoms with E-state index >= 15 is 0 Å². The van der Waals surface area contributed by atoms with Gasteiger partial charge < -0.3 is 9.47 Å². The molecule has 1 aromatic rings. The molecule has 4 nitrogen and oxygen atoms in total. The van der Waals surface area contributed by atoms with E-state index in [0.717, 1.165) is 64.2 Å². The molecule has 1 aromatic carbocycles. The average Bonchev–Trinajstić information content (AvgIpc) is 2.76. The van der Waals surface area contributed by atoms with Gasteiger partial charge in [-0.05, 0) is 78.4 Å². The molecule has 0 aliphatic carbocycles. The highest BCUT2D eigenvalue weighted by molar-refractivity contribution is 9.10. The Morgan fingerprint density at radius 2 is 1.24 bits per heavy atom. The Labute approximate surface area is 210 Å². The second kappa shape index (κ2) is 16.3. The summed E-state index contributed by atoms with van der Waals surface area (Å²) in [5.74, 6) is 0.204. The van der Waals surface area contributed by atoms with Crippen molar-refractivity contribution < 1.29 is 19.1 Å². The summed E-state index contributed by atoms with van der Waals surface area (Å²) in [5, 5.41) is 0. The van der Waals surface area contributed by atoms with Gasteiger partial charge in [-0.2, -0.15) is 0 Å². The maximum atomic E-state index is 13.2. The highest BCUT2D eigenvalue weighted by Crippen LogP contribution is 2.26. The molecule has 0 aliphatic rings. The van der Waals surface area contributed by atoms with E-state index in [2.05, 4.69) is 57.5 Å².